The van der Waals surface area contributed by atoms with Crippen molar-refractivity contribution in [2.45, 2.75) is 52.1 Å². The van der Waals surface area contributed by atoms with E-state index in [4.69, 9.17) is 9.47 Å². The lowest BCUT2D eigenvalue weighted by molar-refractivity contribution is -0.121. The van der Waals surface area contributed by atoms with Gasteiger partial charge in [0.05, 0.1) is 14.2 Å². The van der Waals surface area contributed by atoms with E-state index in [0.29, 0.717) is 6.42 Å². The summed E-state index contributed by atoms with van der Waals surface area (Å²) < 4.78 is 13.2. The monoisotopic (exact) mass is 408 g/mol. The van der Waals surface area contributed by atoms with Crippen LogP contribution >= 0.6 is 0 Å². The number of aryl methyl sites for hydroxylation is 1. The van der Waals surface area contributed by atoms with Crippen LogP contribution in [0.5, 0.6) is 11.5 Å². The third-order valence-electron chi connectivity index (χ3n) is 5.72. The zero-order chi connectivity index (χ0) is 21.7. The lowest BCUT2D eigenvalue weighted by Gasteiger charge is -2.20. The van der Waals surface area contributed by atoms with Crippen LogP contribution in [0.1, 0.15) is 50.7 Å². The molecule has 0 aliphatic carbocycles. The summed E-state index contributed by atoms with van der Waals surface area (Å²) in [4.78, 5) is 12.9. The van der Waals surface area contributed by atoms with Crippen LogP contribution in [0.15, 0.2) is 48.7 Å². The fraction of sp³-hybridized carbons (Fsp3) is 0.400. The molecule has 2 atom stereocenters. The highest BCUT2D eigenvalue weighted by atomic mass is 16.5. The van der Waals surface area contributed by atoms with Crippen LogP contribution in [0, 0.1) is 0 Å². The Hall–Kier alpha value is -2.95. The second-order valence-electron chi connectivity index (χ2n) is 7.67. The number of nitrogens with one attached hydrogen (secondary N) is 1. The van der Waals surface area contributed by atoms with Gasteiger partial charge in [-0.3, -0.25) is 4.79 Å². The molecule has 0 aliphatic heterocycles. The van der Waals surface area contributed by atoms with Crippen LogP contribution in [-0.4, -0.2) is 30.7 Å². The molecule has 1 aromatic heterocycles. The summed E-state index contributed by atoms with van der Waals surface area (Å²) in [5, 5.41) is 4.29. The Morgan fingerprint density at radius 3 is 2.33 bits per heavy atom. The molecule has 3 rings (SSSR count). The predicted octanol–water partition coefficient (Wildman–Crippen LogP) is 5.12. The Labute approximate surface area is 179 Å². The summed E-state index contributed by atoms with van der Waals surface area (Å²) in [7, 11) is 3.29. The Balaban J connectivity index is 2.13. The molecule has 1 heterocycles. The first-order valence-electron chi connectivity index (χ1n) is 10.6. The average molecular weight is 409 g/mol. The van der Waals surface area contributed by atoms with Crippen LogP contribution in [0.25, 0.3) is 10.9 Å². The highest BCUT2D eigenvalue weighted by Crippen LogP contribution is 2.37. The van der Waals surface area contributed by atoms with E-state index in [1.807, 2.05) is 31.2 Å². The van der Waals surface area contributed by atoms with Gasteiger partial charge in [-0.25, -0.2) is 0 Å². The highest BCUT2D eigenvalue weighted by Gasteiger charge is 2.24. The molecule has 5 heteroatoms. The van der Waals surface area contributed by atoms with Crippen molar-refractivity contribution < 1.29 is 14.3 Å². The fourth-order valence-electron chi connectivity index (χ4n) is 3.87. The number of rotatable bonds is 9. The van der Waals surface area contributed by atoms with Crippen molar-refractivity contribution in [3.63, 3.8) is 0 Å². The molecule has 1 N–H and O–H groups in total. The summed E-state index contributed by atoms with van der Waals surface area (Å²) in [5.41, 5.74) is 3.32. The number of fused-ring (bicyclic) bond motifs is 1. The molecule has 3 aromatic rings. The Bertz CT molecular complexity index is 987. The minimum absolute atomic E-state index is 0.0458. The zero-order valence-electron chi connectivity index (χ0n) is 18.6. The van der Waals surface area contributed by atoms with Gasteiger partial charge in [-0.15, -0.1) is 0 Å². The Morgan fingerprint density at radius 1 is 1.07 bits per heavy atom. The number of amides is 1. The van der Waals surface area contributed by atoms with Gasteiger partial charge in [0.25, 0.3) is 0 Å². The van der Waals surface area contributed by atoms with Crippen molar-refractivity contribution in [3.05, 3.63) is 59.8 Å². The predicted molar refractivity (Wildman–Crippen MR) is 122 cm³/mol. The molecule has 2 aromatic carbocycles. The van der Waals surface area contributed by atoms with Gasteiger partial charge in [-0.2, -0.15) is 0 Å². The van der Waals surface area contributed by atoms with E-state index in [-0.39, 0.29) is 17.9 Å². The topological polar surface area (TPSA) is 52.5 Å². The molecule has 0 radical (unpaired) electrons. The number of hydrogen-bond acceptors (Lipinski definition) is 3. The molecule has 2 unspecified atom stereocenters. The van der Waals surface area contributed by atoms with Crippen molar-refractivity contribution in [3.8, 4) is 11.5 Å². The molecule has 0 aliphatic rings. The summed E-state index contributed by atoms with van der Waals surface area (Å²) in [6, 6.07) is 14.4. The maximum atomic E-state index is 12.9. The minimum Gasteiger partial charge on any atom is -0.497 e. The van der Waals surface area contributed by atoms with Gasteiger partial charge in [0.15, 0.2) is 0 Å². The number of aromatic nitrogens is 1. The van der Waals surface area contributed by atoms with Crippen LogP contribution < -0.4 is 14.8 Å². The van der Waals surface area contributed by atoms with Crippen LogP contribution in [0.2, 0.25) is 0 Å². The van der Waals surface area contributed by atoms with E-state index in [2.05, 4.69) is 48.1 Å². The molecule has 5 nitrogen and oxygen atoms in total. The third kappa shape index (κ3) is 4.61. The molecular weight excluding hydrogens is 376 g/mol. The first-order valence-corrected chi connectivity index (χ1v) is 10.6. The van der Waals surface area contributed by atoms with Gasteiger partial charge < -0.3 is 19.4 Å². The smallest absolute Gasteiger partial charge is 0.221 e. The summed E-state index contributed by atoms with van der Waals surface area (Å²) in [6.07, 6.45) is 3.44. The number of para-hydroxylation sites is 1. The number of hydrogen-bond donors (Lipinski definition) is 1. The minimum atomic E-state index is -0.115. The van der Waals surface area contributed by atoms with Crippen LogP contribution in [0.3, 0.4) is 0 Å². The molecule has 160 valence electrons. The van der Waals surface area contributed by atoms with Crippen LogP contribution in [-0.2, 0) is 11.3 Å². The molecule has 0 saturated heterocycles. The van der Waals surface area contributed by atoms with E-state index in [9.17, 15) is 4.79 Å². The van der Waals surface area contributed by atoms with E-state index < -0.39 is 0 Å². The summed E-state index contributed by atoms with van der Waals surface area (Å²) in [6.45, 7) is 7.11. The third-order valence-corrected chi connectivity index (χ3v) is 5.72. The van der Waals surface area contributed by atoms with Gasteiger partial charge in [0, 0.05) is 48.1 Å². The second kappa shape index (κ2) is 9.70. The van der Waals surface area contributed by atoms with E-state index in [1.165, 1.54) is 10.9 Å². The maximum Gasteiger partial charge on any atom is 0.221 e. The number of ether oxygens (including phenoxy) is 2. The molecular formula is C25H32N2O3. The van der Waals surface area contributed by atoms with Crippen molar-refractivity contribution in [1.29, 1.82) is 0 Å². The average Bonchev–Trinajstić information content (AvgIpc) is 3.15. The lowest BCUT2D eigenvalue weighted by Crippen LogP contribution is -2.33. The fourth-order valence-corrected chi connectivity index (χ4v) is 3.87. The standard InChI is InChI=1S/C25H32N2O3/c1-6-17(3)26-25(28)15-22(18-12-19(29-4)14-20(13-18)30-5)23-16-27(7-2)24-11-9-8-10-21(23)24/h8-14,16-17,22H,6-7,15H2,1-5H3,(H,26,28). The van der Waals surface area contributed by atoms with E-state index in [1.54, 1.807) is 14.2 Å². The van der Waals surface area contributed by atoms with Gasteiger partial charge in [-0.1, -0.05) is 25.1 Å². The molecule has 1 amide bonds. The molecule has 0 saturated carbocycles. The molecule has 30 heavy (non-hydrogen) atoms. The quantitative estimate of drug-likeness (QED) is 0.535. The highest BCUT2D eigenvalue weighted by molar-refractivity contribution is 5.86. The lowest BCUT2D eigenvalue weighted by atomic mass is 9.87. The van der Waals surface area contributed by atoms with Gasteiger partial charge in [0.1, 0.15) is 11.5 Å². The first kappa shape index (κ1) is 21.8. The normalized spacial score (nSPS) is 13.1. The maximum absolute atomic E-state index is 12.9. The van der Waals surface area contributed by atoms with E-state index in [0.717, 1.165) is 35.6 Å². The van der Waals surface area contributed by atoms with Gasteiger partial charge >= 0.3 is 0 Å². The molecule has 0 bridgehead atoms. The first-order chi connectivity index (χ1) is 14.5. The Kier molecular flexibility index (Phi) is 7.03. The van der Waals surface area contributed by atoms with E-state index >= 15 is 0 Å². The number of carbonyl (C=O) groups is 1. The van der Waals surface area contributed by atoms with Crippen molar-refractivity contribution in [2.24, 2.45) is 0 Å². The summed E-state index contributed by atoms with van der Waals surface area (Å²) in [5.74, 6) is 1.37. The second-order valence-corrected chi connectivity index (χ2v) is 7.67. The van der Waals surface area contributed by atoms with Gasteiger partial charge in [-0.05, 0) is 49.6 Å². The Morgan fingerprint density at radius 2 is 1.73 bits per heavy atom. The molecule has 0 spiro atoms. The number of benzene rings is 2. The van der Waals surface area contributed by atoms with Crippen molar-refractivity contribution in [2.75, 3.05) is 14.2 Å². The molecule has 0 fully saturated rings. The largest absolute Gasteiger partial charge is 0.497 e. The van der Waals surface area contributed by atoms with Gasteiger partial charge in [0.2, 0.25) is 5.91 Å². The SMILES string of the molecule is CCC(C)NC(=O)CC(c1cc(OC)cc(OC)c1)c1cn(CC)c2ccccc12. The number of nitrogens with zero attached hydrogens (tertiary/aromatic N) is 1. The van der Waals surface area contributed by atoms with Crippen LogP contribution in [0.4, 0.5) is 0 Å². The van der Waals surface area contributed by atoms with Crippen molar-refractivity contribution in [1.82, 2.24) is 9.88 Å². The zero-order valence-corrected chi connectivity index (χ0v) is 18.6. The summed E-state index contributed by atoms with van der Waals surface area (Å²) >= 11 is 0. The number of methoxy groups -OCH3 is 2. The number of carbonyl (C=O) groups excluding carboxylic acids is 1. The van der Waals surface area contributed by atoms with Crippen molar-refractivity contribution >= 4 is 16.8 Å².